The molecule has 43 heavy (non-hydrogen) atoms. The van der Waals surface area contributed by atoms with Crippen LogP contribution >= 0.6 is 0 Å². The number of halogens is 3. The number of hydrogen-bond acceptors (Lipinski definition) is 10. The van der Waals surface area contributed by atoms with Gasteiger partial charge in [-0.15, -0.1) is 5.10 Å². The third-order valence-corrected chi connectivity index (χ3v) is 8.58. The molecule has 3 N–H and O–H groups in total. The van der Waals surface area contributed by atoms with E-state index in [2.05, 4.69) is 20.2 Å². The molecule has 0 radical (unpaired) electrons. The van der Waals surface area contributed by atoms with Crippen LogP contribution in [0, 0.1) is 11.3 Å². The van der Waals surface area contributed by atoms with Crippen LogP contribution in [0.3, 0.4) is 0 Å². The topological polar surface area (TPSA) is 142 Å². The van der Waals surface area contributed by atoms with Crippen molar-refractivity contribution in [3.8, 4) is 11.7 Å². The van der Waals surface area contributed by atoms with Crippen LogP contribution in [-0.2, 0) is 10.0 Å². The molecule has 0 aliphatic carbocycles. The normalized spacial score (nSPS) is 16.7. The summed E-state index contributed by atoms with van der Waals surface area (Å²) in [6, 6.07) is 3.69. The number of carbonyl (C=O) groups excluding carboxylic acids is 1. The molecule has 2 aromatic rings. The Morgan fingerprint density at radius 3 is 2.51 bits per heavy atom. The van der Waals surface area contributed by atoms with Gasteiger partial charge in [-0.2, -0.15) is 13.2 Å². The molecule has 2 unspecified atom stereocenters. The van der Waals surface area contributed by atoms with Crippen LogP contribution in [0.1, 0.15) is 57.8 Å². The van der Waals surface area contributed by atoms with E-state index in [1.54, 1.807) is 18.9 Å². The van der Waals surface area contributed by atoms with Crippen molar-refractivity contribution in [2.24, 2.45) is 11.3 Å². The summed E-state index contributed by atoms with van der Waals surface area (Å²) >= 11 is 0. The first-order valence-electron chi connectivity index (χ1n) is 13.9. The first-order valence-corrected chi connectivity index (χ1v) is 15.4. The van der Waals surface area contributed by atoms with Gasteiger partial charge in [-0.1, -0.05) is 13.3 Å². The number of carbonyl (C=O) groups is 1. The van der Waals surface area contributed by atoms with Crippen molar-refractivity contribution in [3.63, 3.8) is 0 Å². The second-order valence-corrected chi connectivity index (χ2v) is 12.8. The zero-order chi connectivity index (χ0) is 32.2. The van der Waals surface area contributed by atoms with Crippen LogP contribution in [0.15, 0.2) is 35.5 Å². The fraction of sp³-hybridized carbons (Fsp3) is 0.593. The van der Waals surface area contributed by atoms with Crippen LogP contribution in [0.25, 0.3) is 5.82 Å². The number of aliphatic hydroxyl groups excluding tert-OH is 1. The van der Waals surface area contributed by atoms with Crippen molar-refractivity contribution in [1.82, 2.24) is 29.9 Å². The summed E-state index contributed by atoms with van der Waals surface area (Å²) in [6.07, 6.45) is -0.108. The van der Waals surface area contributed by atoms with E-state index in [0.29, 0.717) is 19.5 Å². The molecule has 12 nitrogen and oxygen atoms in total. The molecule has 0 spiro atoms. The first-order chi connectivity index (χ1) is 20.0. The summed E-state index contributed by atoms with van der Waals surface area (Å²) in [5, 5.41) is 15.6. The number of anilines is 1. The van der Waals surface area contributed by atoms with E-state index in [1.807, 2.05) is 13.8 Å². The predicted molar refractivity (Wildman–Crippen MR) is 155 cm³/mol. The molecule has 0 saturated carbocycles. The average Bonchev–Trinajstić information content (AvgIpc) is 3.54. The van der Waals surface area contributed by atoms with Gasteiger partial charge < -0.3 is 19.8 Å². The van der Waals surface area contributed by atoms with E-state index in [9.17, 15) is 31.5 Å². The number of hydrazine groups is 1. The fourth-order valence-electron chi connectivity index (χ4n) is 4.40. The standard InChI is InChI=1S/C27H40F3N7O5S/c1-7-9-19(16-38)14-36(8-2)24-20(25(39)34-43(40,41)21-15-35(6)32-18(21)3)10-11-22(31-24)37-13-12-23(33-37)42-17-26(4,5)27(28,29)30/h10-13,15,18-19,32,38H,7-9,14,16-17H2,1-6H3,(H,34,39). The number of aromatic nitrogens is 3. The smallest absolute Gasteiger partial charge is 0.397 e. The lowest BCUT2D eigenvalue weighted by Crippen LogP contribution is -2.38. The molecular formula is C27H40F3N7O5S. The average molecular weight is 632 g/mol. The van der Waals surface area contributed by atoms with Crippen molar-refractivity contribution < 1.29 is 36.2 Å². The molecular weight excluding hydrogens is 591 g/mol. The Hall–Kier alpha value is -3.37. The molecule has 2 atom stereocenters. The zero-order valence-electron chi connectivity index (χ0n) is 25.1. The highest BCUT2D eigenvalue weighted by atomic mass is 32.2. The minimum atomic E-state index is -4.47. The van der Waals surface area contributed by atoms with E-state index in [-0.39, 0.29) is 40.5 Å². The summed E-state index contributed by atoms with van der Waals surface area (Å²) in [5.41, 5.74) is 0.786. The highest BCUT2D eigenvalue weighted by Crippen LogP contribution is 2.37. The number of amides is 1. The van der Waals surface area contributed by atoms with Crippen LogP contribution in [0.5, 0.6) is 5.88 Å². The number of nitrogens with zero attached hydrogens (tertiary/aromatic N) is 5. The Balaban J connectivity index is 1.97. The van der Waals surface area contributed by atoms with E-state index in [4.69, 9.17) is 4.74 Å². The van der Waals surface area contributed by atoms with E-state index < -0.39 is 40.2 Å². The summed E-state index contributed by atoms with van der Waals surface area (Å²) < 4.78 is 74.6. The maximum Gasteiger partial charge on any atom is 0.397 e. The van der Waals surface area contributed by atoms with Crippen LogP contribution in [0.2, 0.25) is 0 Å². The number of alkyl halides is 3. The number of rotatable bonds is 14. The minimum Gasteiger partial charge on any atom is -0.476 e. The van der Waals surface area contributed by atoms with Crippen molar-refractivity contribution in [2.75, 3.05) is 38.3 Å². The van der Waals surface area contributed by atoms with Crippen molar-refractivity contribution in [3.05, 3.63) is 41.1 Å². The second kappa shape index (κ2) is 13.5. The molecule has 3 heterocycles. The summed E-state index contributed by atoms with van der Waals surface area (Å²) in [4.78, 5) is 19.8. The third-order valence-electron chi connectivity index (χ3n) is 7.05. The number of aliphatic hydroxyl groups is 1. The van der Waals surface area contributed by atoms with Crippen molar-refractivity contribution in [2.45, 2.75) is 59.7 Å². The molecule has 16 heteroatoms. The number of sulfonamides is 1. The van der Waals surface area contributed by atoms with Crippen molar-refractivity contribution in [1.29, 1.82) is 0 Å². The first kappa shape index (κ1) is 34.1. The molecule has 0 bridgehead atoms. The number of pyridine rings is 1. The van der Waals surface area contributed by atoms with E-state index in [1.165, 1.54) is 40.3 Å². The van der Waals surface area contributed by atoms with Crippen LogP contribution in [0.4, 0.5) is 19.0 Å². The lowest BCUT2D eigenvalue weighted by atomic mass is 9.94. The molecule has 240 valence electrons. The molecule has 0 aromatic carbocycles. The molecule has 3 rings (SSSR count). The van der Waals surface area contributed by atoms with Gasteiger partial charge in [-0.05, 0) is 52.2 Å². The summed E-state index contributed by atoms with van der Waals surface area (Å²) in [5.74, 6) is -0.719. The number of hydrogen-bond donors (Lipinski definition) is 3. The maximum absolute atomic E-state index is 13.4. The second-order valence-electron chi connectivity index (χ2n) is 11.1. The molecule has 0 saturated heterocycles. The van der Waals surface area contributed by atoms with Gasteiger partial charge >= 0.3 is 6.18 Å². The quantitative estimate of drug-likeness (QED) is 0.285. The molecule has 1 aliphatic heterocycles. The van der Waals surface area contributed by atoms with Gasteiger partial charge in [0.25, 0.3) is 15.9 Å². The zero-order valence-corrected chi connectivity index (χ0v) is 26.0. The van der Waals surface area contributed by atoms with Gasteiger partial charge in [0.2, 0.25) is 5.88 Å². The van der Waals surface area contributed by atoms with Crippen LogP contribution in [-0.4, -0.2) is 84.8 Å². The van der Waals surface area contributed by atoms with Crippen molar-refractivity contribution >= 4 is 21.7 Å². The Morgan fingerprint density at radius 2 is 1.95 bits per heavy atom. The molecule has 0 fully saturated rings. The fourth-order valence-corrected chi connectivity index (χ4v) is 5.69. The molecule has 1 aliphatic rings. The summed E-state index contributed by atoms with van der Waals surface area (Å²) in [7, 11) is -2.57. The number of nitrogens with one attached hydrogen (secondary N) is 2. The summed E-state index contributed by atoms with van der Waals surface area (Å²) in [6.45, 7) is 7.48. The Kier molecular flexibility index (Phi) is 10.7. The highest BCUT2D eigenvalue weighted by molar-refractivity contribution is 7.94. The molecule has 2 aromatic heterocycles. The Labute approximate surface area is 249 Å². The van der Waals surface area contributed by atoms with E-state index in [0.717, 1.165) is 20.3 Å². The minimum absolute atomic E-state index is 0.0112. The van der Waals surface area contributed by atoms with E-state index >= 15 is 0 Å². The SMILES string of the molecule is CCCC(CO)CN(CC)c1nc(-n2ccc(OCC(C)(C)C(F)(F)F)n2)ccc1C(=O)NS(=O)(=O)C1=CN(C)NC1C. The van der Waals surface area contributed by atoms with Crippen LogP contribution < -0.4 is 19.8 Å². The van der Waals surface area contributed by atoms with Gasteiger partial charge in [-0.25, -0.2) is 28.2 Å². The molecule has 1 amide bonds. The largest absolute Gasteiger partial charge is 0.476 e. The van der Waals surface area contributed by atoms with Gasteiger partial charge in [0.05, 0.1) is 17.0 Å². The van der Waals surface area contributed by atoms with Gasteiger partial charge in [0.1, 0.15) is 17.3 Å². The predicted octanol–water partition coefficient (Wildman–Crippen LogP) is 3.21. The Bertz CT molecular complexity index is 1410. The number of ether oxygens (including phenoxy) is 1. The Morgan fingerprint density at radius 1 is 1.26 bits per heavy atom. The highest BCUT2D eigenvalue weighted by Gasteiger charge is 2.48. The lowest BCUT2D eigenvalue weighted by molar-refractivity contribution is -0.219. The van der Waals surface area contributed by atoms with Gasteiger partial charge in [0, 0.05) is 45.2 Å². The monoisotopic (exact) mass is 631 g/mol. The van der Waals surface area contributed by atoms with Gasteiger partial charge in [-0.3, -0.25) is 4.79 Å². The lowest BCUT2D eigenvalue weighted by Gasteiger charge is -2.28. The maximum atomic E-state index is 13.4. The third kappa shape index (κ3) is 8.17. The van der Waals surface area contributed by atoms with Gasteiger partial charge in [0.15, 0.2) is 5.82 Å².